The summed E-state index contributed by atoms with van der Waals surface area (Å²) in [5, 5.41) is 1.36. The van der Waals surface area contributed by atoms with Gasteiger partial charge in [-0.15, -0.1) is 0 Å². The van der Waals surface area contributed by atoms with Gasteiger partial charge in [-0.25, -0.2) is 0 Å². The number of aryl methyl sites for hydroxylation is 1. The molecule has 0 bridgehead atoms. The van der Waals surface area contributed by atoms with Crippen LogP contribution in [0.2, 0.25) is 0 Å². The molecule has 1 unspecified atom stereocenters. The Morgan fingerprint density at radius 2 is 1.50 bits per heavy atom. The molecule has 0 heterocycles. The molecular weight excluding hydrogens is 433 g/mol. The third kappa shape index (κ3) is 5.97. The third-order valence-electron chi connectivity index (χ3n) is 6.59. The van der Waals surface area contributed by atoms with Gasteiger partial charge in [0.05, 0.1) is 0 Å². The van der Waals surface area contributed by atoms with E-state index < -0.39 is 0 Å². The molecule has 0 fully saturated rings. The van der Waals surface area contributed by atoms with E-state index in [0.29, 0.717) is 15.2 Å². The number of rotatable bonds is 9. The first-order valence-electron chi connectivity index (χ1n) is 12.4. The fraction of sp³-hybridized carbons (Fsp3) is 0.387. The predicted octanol–water partition coefficient (Wildman–Crippen LogP) is 7.94. The van der Waals surface area contributed by atoms with Crippen LogP contribution in [0.4, 0.5) is 0 Å². The second kappa shape index (κ2) is 11.3. The number of hydrogen-bond donors (Lipinski definition) is 0. The van der Waals surface area contributed by atoms with Crippen molar-refractivity contribution in [1.29, 1.82) is 0 Å². The van der Waals surface area contributed by atoms with Gasteiger partial charge in [0.25, 0.3) is 0 Å². The van der Waals surface area contributed by atoms with E-state index in [-0.39, 0.29) is 10.6 Å². The van der Waals surface area contributed by atoms with Gasteiger partial charge in [-0.2, -0.15) is 0 Å². The summed E-state index contributed by atoms with van der Waals surface area (Å²) in [6.07, 6.45) is 4.09. The van der Waals surface area contributed by atoms with E-state index in [1.165, 1.54) is 33.1 Å². The predicted molar refractivity (Wildman–Crippen MR) is 151 cm³/mol. The average Bonchev–Trinajstić information content (AvgIpc) is 2.82. The first kappa shape index (κ1) is 26.2. The van der Waals surface area contributed by atoms with Crippen LogP contribution in [0, 0.1) is 6.92 Å². The van der Waals surface area contributed by atoms with Crippen LogP contribution in [0.1, 0.15) is 75.3 Å². The van der Waals surface area contributed by atoms with E-state index in [0.717, 1.165) is 18.6 Å². The van der Waals surface area contributed by atoms with Crippen molar-refractivity contribution in [3.8, 4) is 5.75 Å². The van der Waals surface area contributed by atoms with E-state index in [2.05, 4.69) is 113 Å². The second-order valence-electron chi connectivity index (χ2n) is 10.1. The summed E-state index contributed by atoms with van der Waals surface area (Å²) >= 11 is 0. The van der Waals surface area contributed by atoms with E-state index in [9.17, 15) is 0 Å². The molecule has 0 aliphatic carbocycles. The van der Waals surface area contributed by atoms with Gasteiger partial charge < -0.3 is 4.74 Å². The van der Waals surface area contributed by atoms with Crippen molar-refractivity contribution in [2.45, 2.75) is 71.6 Å². The molecular formula is C31H40NOP. The molecule has 0 spiro atoms. The topological polar surface area (TPSA) is 21.6 Å². The fourth-order valence-electron chi connectivity index (χ4n) is 4.57. The highest BCUT2D eigenvalue weighted by molar-refractivity contribution is 7.48. The van der Waals surface area contributed by atoms with Crippen molar-refractivity contribution in [1.82, 2.24) is 0 Å². The molecule has 3 aromatic rings. The first-order valence-corrected chi connectivity index (χ1v) is 13.4. The zero-order valence-electron chi connectivity index (χ0n) is 21.9. The molecule has 3 aromatic carbocycles. The molecule has 0 aliphatic rings. The lowest BCUT2D eigenvalue weighted by Crippen LogP contribution is -2.26. The SMILES string of the molecule is CCC(CC)(Pc1ccccc1/C=N/C)c1cc(C)cc(C(C)(C)C)c1OCc1ccccc1. The average molecular weight is 474 g/mol. The second-order valence-corrected chi connectivity index (χ2v) is 11.8. The van der Waals surface area contributed by atoms with Crippen LogP contribution < -0.4 is 10.0 Å². The molecule has 34 heavy (non-hydrogen) atoms. The summed E-state index contributed by atoms with van der Waals surface area (Å²) in [5.41, 5.74) is 6.32. The Bertz CT molecular complexity index is 1110. The molecule has 180 valence electrons. The van der Waals surface area contributed by atoms with Gasteiger partial charge in [0.1, 0.15) is 12.4 Å². The molecule has 0 aromatic heterocycles. The maximum Gasteiger partial charge on any atom is 0.127 e. The Balaban J connectivity index is 2.18. The first-order chi connectivity index (χ1) is 16.2. The molecule has 0 amide bonds. The van der Waals surface area contributed by atoms with Crippen LogP contribution in [0.25, 0.3) is 0 Å². The standard InChI is InChI=1S/C31H40NOP/c1-8-31(9-2,34-28-18-14-13-17-25(28)21-32-7)27-20-23(3)19-26(30(4,5)6)29(27)33-22-24-15-11-10-12-16-24/h10-21,34H,8-9,22H2,1-7H3/b32-21+. The van der Waals surface area contributed by atoms with E-state index in [1.807, 2.05) is 13.3 Å². The summed E-state index contributed by atoms with van der Waals surface area (Å²) in [6, 6.07) is 23.9. The minimum absolute atomic E-state index is 0.00424. The van der Waals surface area contributed by atoms with E-state index in [1.54, 1.807) is 0 Å². The quantitative estimate of drug-likeness (QED) is 0.228. The molecule has 0 saturated carbocycles. The van der Waals surface area contributed by atoms with Gasteiger partial charge in [0.15, 0.2) is 0 Å². The lowest BCUT2D eigenvalue weighted by molar-refractivity contribution is 0.289. The van der Waals surface area contributed by atoms with Crippen LogP contribution >= 0.6 is 8.58 Å². The van der Waals surface area contributed by atoms with Gasteiger partial charge >= 0.3 is 0 Å². The molecule has 3 rings (SSSR count). The lowest BCUT2D eigenvalue weighted by Gasteiger charge is -2.37. The molecule has 0 N–H and O–H groups in total. The largest absolute Gasteiger partial charge is 0.488 e. The highest BCUT2D eigenvalue weighted by Crippen LogP contribution is 2.52. The fourth-order valence-corrected chi connectivity index (χ4v) is 6.23. The molecule has 0 radical (unpaired) electrons. The molecule has 1 atom stereocenters. The molecule has 0 saturated heterocycles. The summed E-state index contributed by atoms with van der Waals surface area (Å²) < 4.78 is 6.74. The van der Waals surface area contributed by atoms with E-state index in [4.69, 9.17) is 4.74 Å². The Labute approximate surface area is 208 Å². The summed E-state index contributed by atoms with van der Waals surface area (Å²) in [6.45, 7) is 14.3. The van der Waals surface area contributed by atoms with Gasteiger partial charge in [-0.1, -0.05) is 115 Å². The van der Waals surface area contributed by atoms with Gasteiger partial charge in [-0.3, -0.25) is 4.99 Å². The smallest absolute Gasteiger partial charge is 0.127 e. The maximum atomic E-state index is 6.74. The minimum Gasteiger partial charge on any atom is -0.488 e. The number of ether oxygens (including phenoxy) is 1. The summed E-state index contributed by atoms with van der Waals surface area (Å²) in [5.74, 6) is 1.07. The number of benzene rings is 3. The Hall–Kier alpha value is -2.44. The monoisotopic (exact) mass is 473 g/mol. The van der Waals surface area contributed by atoms with Gasteiger partial charge in [0.2, 0.25) is 0 Å². The highest BCUT2D eigenvalue weighted by Gasteiger charge is 2.35. The number of aliphatic imine (C=N–C) groups is 1. The zero-order chi connectivity index (χ0) is 24.8. The van der Waals surface area contributed by atoms with Crippen LogP contribution in [-0.2, 0) is 17.2 Å². The van der Waals surface area contributed by atoms with Gasteiger partial charge in [-0.05, 0) is 41.6 Å². The van der Waals surface area contributed by atoms with Crippen LogP contribution in [0.3, 0.4) is 0 Å². The van der Waals surface area contributed by atoms with Crippen molar-refractivity contribution in [3.05, 3.63) is 94.5 Å². The van der Waals surface area contributed by atoms with E-state index >= 15 is 0 Å². The number of hydrogen-bond acceptors (Lipinski definition) is 2. The van der Waals surface area contributed by atoms with Crippen LogP contribution in [0.5, 0.6) is 5.75 Å². The maximum absolute atomic E-state index is 6.74. The Kier molecular flexibility index (Phi) is 8.72. The van der Waals surface area contributed by atoms with Crippen molar-refractivity contribution < 1.29 is 4.74 Å². The van der Waals surface area contributed by atoms with Crippen molar-refractivity contribution in [2.75, 3.05) is 7.05 Å². The lowest BCUT2D eigenvalue weighted by atomic mass is 9.80. The molecule has 3 heteroatoms. The van der Waals surface area contributed by atoms with Crippen molar-refractivity contribution >= 4 is 20.1 Å². The number of nitrogens with zero attached hydrogens (tertiary/aromatic N) is 1. The minimum atomic E-state index is -0.0180. The Morgan fingerprint density at radius 1 is 0.882 bits per heavy atom. The highest BCUT2D eigenvalue weighted by atomic mass is 31.1. The van der Waals surface area contributed by atoms with Crippen molar-refractivity contribution in [3.63, 3.8) is 0 Å². The summed E-state index contributed by atoms with van der Waals surface area (Å²) in [4.78, 5) is 4.32. The summed E-state index contributed by atoms with van der Waals surface area (Å²) in [7, 11) is 2.47. The molecule has 2 nitrogen and oxygen atoms in total. The van der Waals surface area contributed by atoms with Crippen LogP contribution in [-0.4, -0.2) is 13.3 Å². The van der Waals surface area contributed by atoms with Crippen molar-refractivity contribution in [2.24, 2.45) is 4.99 Å². The molecule has 0 aliphatic heterocycles. The van der Waals surface area contributed by atoms with Gasteiger partial charge in [0, 0.05) is 29.5 Å². The van der Waals surface area contributed by atoms with Crippen LogP contribution in [0.15, 0.2) is 71.7 Å². The Morgan fingerprint density at radius 3 is 2.12 bits per heavy atom. The third-order valence-corrected chi connectivity index (χ3v) is 8.77. The zero-order valence-corrected chi connectivity index (χ0v) is 22.9. The normalized spacial score (nSPS) is 12.7.